The van der Waals surface area contributed by atoms with Gasteiger partial charge in [0, 0.05) is 16.9 Å². The first-order valence-electron chi connectivity index (χ1n) is 10.1. The predicted molar refractivity (Wildman–Crippen MR) is 123 cm³/mol. The van der Waals surface area contributed by atoms with Gasteiger partial charge in [0.15, 0.2) is 0 Å². The van der Waals surface area contributed by atoms with Crippen LogP contribution in [0.1, 0.15) is 45.6 Å². The number of hydrogen-bond donors (Lipinski definition) is 1. The molecule has 3 aromatic rings. The minimum absolute atomic E-state index is 0.0988. The molecule has 0 saturated carbocycles. The fourth-order valence-corrected chi connectivity index (χ4v) is 6.35. The second-order valence-corrected chi connectivity index (χ2v) is 9.50. The Morgan fingerprint density at radius 3 is 2.55 bits per heavy atom. The molecule has 0 radical (unpaired) electrons. The molecule has 160 valence electrons. The quantitative estimate of drug-likeness (QED) is 0.282. The number of esters is 1. The van der Waals surface area contributed by atoms with Crippen LogP contribution in [0.2, 0.25) is 0 Å². The van der Waals surface area contributed by atoms with E-state index in [1.165, 1.54) is 11.3 Å². The third-order valence-electron chi connectivity index (χ3n) is 5.28. The average molecular weight is 454 g/mol. The van der Waals surface area contributed by atoms with E-state index >= 15 is 0 Å². The van der Waals surface area contributed by atoms with Gasteiger partial charge in [0.05, 0.1) is 23.6 Å². The smallest absolute Gasteiger partial charge is 0.348 e. The molecule has 1 unspecified atom stereocenters. The van der Waals surface area contributed by atoms with Crippen molar-refractivity contribution in [3.8, 4) is 5.75 Å². The number of ether oxygens (including phenoxy) is 2. The number of rotatable bonds is 6. The Labute approximate surface area is 189 Å². The molecular weight excluding hydrogens is 430 g/mol. The van der Waals surface area contributed by atoms with Crippen molar-refractivity contribution >= 4 is 34.8 Å². The number of carbonyl (C=O) groups excluding carboxylic acids is 1. The summed E-state index contributed by atoms with van der Waals surface area (Å²) in [5, 5.41) is 13.5. The van der Waals surface area contributed by atoms with Crippen molar-refractivity contribution in [2.24, 2.45) is 5.16 Å². The topological polar surface area (TPSA) is 68.1 Å². The van der Waals surface area contributed by atoms with E-state index in [9.17, 15) is 10.0 Å². The highest BCUT2D eigenvalue weighted by Gasteiger charge is 2.34. The molecule has 0 amide bonds. The lowest BCUT2D eigenvalue weighted by atomic mass is 9.80. The Kier molecular flexibility index (Phi) is 6.63. The first-order valence-corrected chi connectivity index (χ1v) is 11.7. The molecule has 1 aliphatic rings. The summed E-state index contributed by atoms with van der Waals surface area (Å²) in [4.78, 5) is 14.4. The Balaban J connectivity index is 1.76. The summed E-state index contributed by atoms with van der Waals surface area (Å²) in [6.45, 7) is 2.12. The first kappa shape index (κ1) is 21.5. The van der Waals surface area contributed by atoms with Crippen LogP contribution in [-0.2, 0) is 11.2 Å². The van der Waals surface area contributed by atoms with E-state index in [-0.39, 0.29) is 11.9 Å². The predicted octanol–water partition coefficient (Wildman–Crippen LogP) is 5.99. The van der Waals surface area contributed by atoms with Crippen LogP contribution < -0.4 is 4.74 Å². The molecule has 4 rings (SSSR count). The van der Waals surface area contributed by atoms with Gasteiger partial charge in [-0.3, -0.25) is 0 Å². The van der Waals surface area contributed by atoms with E-state index in [1.807, 2.05) is 54.6 Å². The molecule has 1 aliphatic carbocycles. The highest BCUT2D eigenvalue weighted by molar-refractivity contribution is 8.01. The monoisotopic (exact) mass is 453 g/mol. The maximum absolute atomic E-state index is 12.8. The van der Waals surface area contributed by atoms with Crippen LogP contribution in [0.25, 0.3) is 0 Å². The summed E-state index contributed by atoms with van der Waals surface area (Å²) >= 11 is 3.00. The van der Waals surface area contributed by atoms with Crippen molar-refractivity contribution in [3.63, 3.8) is 0 Å². The number of oxime groups is 1. The molecule has 1 atom stereocenters. The van der Waals surface area contributed by atoms with E-state index < -0.39 is 0 Å². The molecule has 2 aromatic carbocycles. The van der Waals surface area contributed by atoms with Gasteiger partial charge in [-0.15, -0.1) is 11.3 Å². The number of hydrogen-bond acceptors (Lipinski definition) is 7. The fourth-order valence-electron chi connectivity index (χ4n) is 3.81. The van der Waals surface area contributed by atoms with Crippen molar-refractivity contribution in [2.45, 2.75) is 34.8 Å². The molecule has 7 heteroatoms. The van der Waals surface area contributed by atoms with Crippen LogP contribution in [0.4, 0.5) is 0 Å². The number of fused-ring (bicyclic) bond motifs is 1. The van der Waals surface area contributed by atoms with Crippen molar-refractivity contribution in [2.75, 3.05) is 13.7 Å². The molecule has 1 heterocycles. The van der Waals surface area contributed by atoms with E-state index in [4.69, 9.17) is 9.47 Å². The van der Waals surface area contributed by atoms with Crippen LogP contribution in [0.3, 0.4) is 0 Å². The molecule has 0 aliphatic heterocycles. The van der Waals surface area contributed by atoms with Gasteiger partial charge in [-0.2, -0.15) is 0 Å². The number of thiophene rings is 1. The van der Waals surface area contributed by atoms with Gasteiger partial charge in [-0.1, -0.05) is 47.2 Å². The van der Waals surface area contributed by atoms with Gasteiger partial charge in [0.25, 0.3) is 0 Å². The number of nitrogens with zero attached hydrogens (tertiary/aromatic N) is 1. The highest BCUT2D eigenvalue weighted by Crippen LogP contribution is 2.46. The van der Waals surface area contributed by atoms with E-state index in [2.05, 4.69) is 5.16 Å². The second kappa shape index (κ2) is 9.58. The van der Waals surface area contributed by atoms with Crippen LogP contribution in [0.5, 0.6) is 5.75 Å². The maximum Gasteiger partial charge on any atom is 0.348 e. The summed E-state index contributed by atoms with van der Waals surface area (Å²) in [5.74, 6) is 0.568. The van der Waals surface area contributed by atoms with Gasteiger partial charge in [0.2, 0.25) is 0 Å². The average Bonchev–Trinajstić information content (AvgIpc) is 3.18. The van der Waals surface area contributed by atoms with Gasteiger partial charge in [0.1, 0.15) is 10.6 Å². The van der Waals surface area contributed by atoms with Crippen LogP contribution >= 0.6 is 23.1 Å². The lowest BCUT2D eigenvalue weighted by molar-refractivity contribution is 0.0530. The minimum atomic E-state index is -0.323. The number of benzene rings is 2. The molecule has 31 heavy (non-hydrogen) atoms. The molecular formula is C24H23NO4S2. The Morgan fingerprint density at radius 1 is 1.16 bits per heavy atom. The van der Waals surface area contributed by atoms with Crippen molar-refractivity contribution in [1.82, 2.24) is 0 Å². The zero-order valence-corrected chi connectivity index (χ0v) is 19.0. The lowest BCUT2D eigenvalue weighted by Gasteiger charge is -2.25. The van der Waals surface area contributed by atoms with E-state index in [0.29, 0.717) is 30.0 Å². The standard InChI is InChI=1S/C24H23NO4S2/c1-3-29-23(26)22-19-13-16(15-9-11-17(28-2)12-10-15)14-20(25-27)21(19)24(31-22)30-18-7-5-4-6-8-18/h4-12,16,27H,3,13-14H2,1-2H3/b25-20+. The van der Waals surface area contributed by atoms with Gasteiger partial charge < -0.3 is 14.7 Å². The second-order valence-electron chi connectivity index (χ2n) is 7.13. The largest absolute Gasteiger partial charge is 0.497 e. The van der Waals surface area contributed by atoms with Crippen molar-refractivity contribution < 1.29 is 19.5 Å². The Bertz CT molecular complexity index is 1090. The SMILES string of the molecule is CCOC(=O)c1sc(Sc2ccccc2)c2c1CC(c1ccc(OC)cc1)C/C2=N\O. The molecule has 0 fully saturated rings. The fraction of sp³-hybridized carbons (Fsp3) is 0.250. The number of methoxy groups -OCH3 is 1. The van der Waals surface area contributed by atoms with Crippen molar-refractivity contribution in [3.05, 3.63) is 76.2 Å². The van der Waals surface area contributed by atoms with Crippen molar-refractivity contribution in [1.29, 1.82) is 0 Å². The summed E-state index contributed by atoms with van der Waals surface area (Å²) in [7, 11) is 1.64. The maximum atomic E-state index is 12.8. The van der Waals surface area contributed by atoms with E-state index in [0.717, 1.165) is 31.5 Å². The van der Waals surface area contributed by atoms with E-state index in [1.54, 1.807) is 25.8 Å². The third kappa shape index (κ3) is 4.48. The Hall–Kier alpha value is -2.77. The molecule has 0 saturated heterocycles. The Morgan fingerprint density at radius 2 is 1.90 bits per heavy atom. The summed E-state index contributed by atoms with van der Waals surface area (Å²) in [6, 6.07) is 17.9. The van der Waals surface area contributed by atoms with Crippen LogP contribution in [-0.4, -0.2) is 30.6 Å². The molecule has 1 aromatic heterocycles. The first-order chi connectivity index (χ1) is 15.1. The summed E-state index contributed by atoms with van der Waals surface area (Å²) in [6.07, 6.45) is 1.28. The van der Waals surface area contributed by atoms with Gasteiger partial charge in [-0.05, 0) is 54.7 Å². The zero-order chi connectivity index (χ0) is 21.8. The van der Waals surface area contributed by atoms with Crippen LogP contribution in [0.15, 0.2) is 68.9 Å². The molecule has 1 N–H and O–H groups in total. The van der Waals surface area contributed by atoms with Gasteiger partial charge >= 0.3 is 5.97 Å². The van der Waals surface area contributed by atoms with Crippen LogP contribution in [0, 0.1) is 0 Å². The number of carbonyl (C=O) groups is 1. The normalized spacial score (nSPS) is 16.7. The molecule has 0 bridgehead atoms. The van der Waals surface area contributed by atoms with Gasteiger partial charge in [-0.25, -0.2) is 4.79 Å². The highest BCUT2D eigenvalue weighted by atomic mass is 32.2. The molecule has 0 spiro atoms. The molecule has 5 nitrogen and oxygen atoms in total. The third-order valence-corrected chi connectivity index (χ3v) is 7.68. The lowest BCUT2D eigenvalue weighted by Crippen LogP contribution is -2.21. The minimum Gasteiger partial charge on any atom is -0.497 e. The summed E-state index contributed by atoms with van der Waals surface area (Å²) in [5.41, 5.74) is 3.49. The zero-order valence-electron chi connectivity index (χ0n) is 17.3. The summed E-state index contributed by atoms with van der Waals surface area (Å²) < 4.78 is 11.6.